The minimum atomic E-state index is -0.591. The van der Waals surface area contributed by atoms with Crippen LogP contribution in [0.1, 0.15) is 73.3 Å². The van der Waals surface area contributed by atoms with Gasteiger partial charge in [-0.3, -0.25) is 4.84 Å². The third-order valence-electron chi connectivity index (χ3n) is 7.01. The van der Waals surface area contributed by atoms with Crippen LogP contribution >= 0.6 is 0 Å². The quantitative estimate of drug-likeness (QED) is 0.456. The Morgan fingerprint density at radius 2 is 1.76 bits per heavy atom. The summed E-state index contributed by atoms with van der Waals surface area (Å²) < 4.78 is 39.2. The van der Waals surface area contributed by atoms with Gasteiger partial charge in [0.25, 0.3) is 0 Å². The van der Waals surface area contributed by atoms with E-state index in [1.54, 1.807) is 6.07 Å². The maximum absolute atomic E-state index is 14.2. The molecule has 2 fully saturated rings. The Morgan fingerprint density at radius 1 is 1.06 bits per heavy atom. The summed E-state index contributed by atoms with van der Waals surface area (Å²) in [7, 11) is -0.591. The number of ether oxygens (including phenoxy) is 2. The van der Waals surface area contributed by atoms with Gasteiger partial charge in [-0.05, 0) is 91.1 Å². The molecular weight excluding hydrogens is 424 g/mol. The van der Waals surface area contributed by atoms with Gasteiger partial charge in [0.2, 0.25) is 0 Å². The van der Waals surface area contributed by atoms with Gasteiger partial charge < -0.3 is 18.8 Å². The molecule has 3 aliphatic heterocycles. The van der Waals surface area contributed by atoms with Crippen LogP contribution in [0.25, 0.3) is 5.47 Å². The lowest BCUT2D eigenvalue weighted by molar-refractivity contribution is -0.246. The third kappa shape index (κ3) is 5.30. The molecule has 182 valence electrons. The molecule has 0 radical (unpaired) electrons. The van der Waals surface area contributed by atoms with Crippen LogP contribution in [0, 0.1) is 5.82 Å². The van der Waals surface area contributed by atoms with Crippen molar-refractivity contribution in [2.75, 3.05) is 19.9 Å². The van der Waals surface area contributed by atoms with E-state index in [2.05, 4.69) is 6.08 Å². The van der Waals surface area contributed by atoms with Crippen molar-refractivity contribution < 1.29 is 28.0 Å². The number of hydrogen-bond acceptors (Lipinski definition) is 6. The van der Waals surface area contributed by atoms with Crippen LogP contribution in [-0.2, 0) is 18.9 Å². The first-order valence-corrected chi connectivity index (χ1v) is 11.9. The molecule has 3 heterocycles. The van der Waals surface area contributed by atoms with E-state index < -0.39 is 23.9 Å². The first-order chi connectivity index (χ1) is 15.3. The van der Waals surface area contributed by atoms with E-state index in [4.69, 9.17) is 23.6 Å². The fourth-order valence-corrected chi connectivity index (χ4v) is 4.35. The van der Waals surface area contributed by atoms with Gasteiger partial charge >= 0.3 is 7.12 Å². The van der Waals surface area contributed by atoms with Gasteiger partial charge in [-0.15, -0.1) is 0 Å². The molecule has 33 heavy (non-hydrogen) atoms. The van der Waals surface area contributed by atoms with Gasteiger partial charge in [-0.1, -0.05) is 0 Å². The van der Waals surface area contributed by atoms with Gasteiger partial charge in [-0.25, -0.2) is 4.39 Å². The Labute approximate surface area is 197 Å². The fourth-order valence-electron chi connectivity index (χ4n) is 4.35. The molecule has 2 saturated heterocycles. The molecule has 0 N–H and O–H groups in total. The summed E-state index contributed by atoms with van der Waals surface area (Å²) >= 11 is 0. The van der Waals surface area contributed by atoms with Crippen molar-refractivity contribution in [2.45, 2.75) is 90.1 Å². The van der Waals surface area contributed by atoms with Crippen LogP contribution in [0.5, 0.6) is 5.75 Å². The summed E-state index contributed by atoms with van der Waals surface area (Å²) in [5, 5.41) is 1.95. The number of nitrogens with zero attached hydrogens (tertiary/aromatic N) is 1. The predicted molar refractivity (Wildman–Crippen MR) is 126 cm³/mol. The molecule has 6 nitrogen and oxygen atoms in total. The lowest BCUT2D eigenvalue weighted by Gasteiger charge is -2.37. The Kier molecular flexibility index (Phi) is 6.47. The van der Waals surface area contributed by atoms with Crippen LogP contribution in [0.4, 0.5) is 4.39 Å². The summed E-state index contributed by atoms with van der Waals surface area (Å²) in [6.45, 7) is 15.8. The summed E-state index contributed by atoms with van der Waals surface area (Å²) in [4.78, 5) is 5.88. The summed E-state index contributed by atoms with van der Waals surface area (Å²) in [5.74, 6) is 0.351. The molecule has 0 amide bonds. The standard InChI is InChI=1S/C25H37BFNO5/c1-22(2,3)29-17-30-28-13-8-11-25(12-14-28)16-20(19-15-18(27)9-10-21(19)31-25)26-32-23(4,5)24(6,7)33-26/h9-10,15-16H,8,11-14,17H2,1-7H3. The van der Waals surface area contributed by atoms with Crippen LogP contribution in [0.15, 0.2) is 24.3 Å². The van der Waals surface area contributed by atoms with Gasteiger partial charge in [0, 0.05) is 25.1 Å². The molecular formula is C25H37BFNO5. The lowest BCUT2D eigenvalue weighted by atomic mass is 9.69. The fraction of sp³-hybridized carbons (Fsp3) is 0.680. The largest absolute Gasteiger partial charge is 0.495 e. The molecule has 1 aromatic rings. The van der Waals surface area contributed by atoms with Crippen LogP contribution in [0.3, 0.4) is 0 Å². The second kappa shape index (κ2) is 8.65. The van der Waals surface area contributed by atoms with Crippen molar-refractivity contribution in [3.63, 3.8) is 0 Å². The Morgan fingerprint density at radius 3 is 2.42 bits per heavy atom. The molecule has 1 unspecified atom stereocenters. The number of fused-ring (bicyclic) bond motifs is 1. The smallest absolute Gasteiger partial charge is 0.483 e. The molecule has 0 bridgehead atoms. The second-order valence-electron chi connectivity index (χ2n) is 11.3. The van der Waals surface area contributed by atoms with Gasteiger partial charge in [0.1, 0.15) is 17.2 Å². The SMILES string of the molecule is CC(C)(C)OCON1CCCC2(C=C(B3OC(C)(C)C(C)(C)O3)c3cc(F)ccc3O2)CC1. The summed E-state index contributed by atoms with van der Waals surface area (Å²) in [6.07, 6.45) is 4.53. The maximum Gasteiger partial charge on any atom is 0.495 e. The summed E-state index contributed by atoms with van der Waals surface area (Å²) in [6, 6.07) is 4.66. The lowest BCUT2D eigenvalue weighted by Crippen LogP contribution is -2.41. The molecule has 0 saturated carbocycles. The number of hydroxylamine groups is 2. The first kappa shape index (κ1) is 24.7. The van der Waals surface area contributed by atoms with E-state index >= 15 is 0 Å². The van der Waals surface area contributed by atoms with Crippen molar-refractivity contribution in [3.8, 4) is 5.75 Å². The monoisotopic (exact) mass is 461 g/mol. The minimum Gasteiger partial charge on any atom is -0.483 e. The normalized spacial score (nSPS) is 27.2. The number of hydrogen-bond donors (Lipinski definition) is 0. The van der Waals surface area contributed by atoms with Gasteiger partial charge in [0.05, 0.1) is 16.8 Å². The molecule has 0 aliphatic carbocycles. The summed E-state index contributed by atoms with van der Waals surface area (Å²) in [5.41, 5.74) is -0.238. The second-order valence-corrected chi connectivity index (χ2v) is 11.3. The molecule has 4 rings (SSSR count). The average molecular weight is 461 g/mol. The third-order valence-corrected chi connectivity index (χ3v) is 7.01. The molecule has 1 spiro atoms. The number of halogens is 1. The van der Waals surface area contributed by atoms with E-state index in [1.807, 2.05) is 53.5 Å². The van der Waals surface area contributed by atoms with Crippen molar-refractivity contribution in [3.05, 3.63) is 35.7 Å². The Balaban J connectivity index is 1.58. The van der Waals surface area contributed by atoms with Crippen molar-refractivity contribution in [2.24, 2.45) is 0 Å². The molecule has 8 heteroatoms. The van der Waals surface area contributed by atoms with Gasteiger partial charge in [0.15, 0.2) is 6.79 Å². The van der Waals surface area contributed by atoms with E-state index in [-0.39, 0.29) is 18.2 Å². The van der Waals surface area contributed by atoms with Gasteiger partial charge in [-0.2, -0.15) is 5.06 Å². The molecule has 0 aromatic heterocycles. The number of benzene rings is 1. The number of rotatable bonds is 4. The van der Waals surface area contributed by atoms with E-state index in [9.17, 15) is 4.39 Å². The van der Waals surface area contributed by atoms with Crippen molar-refractivity contribution >= 4 is 12.6 Å². The highest BCUT2D eigenvalue weighted by atomic mass is 19.1. The minimum absolute atomic E-state index is 0.217. The van der Waals surface area contributed by atoms with E-state index in [0.29, 0.717) is 17.9 Å². The topological polar surface area (TPSA) is 49.4 Å². The maximum atomic E-state index is 14.2. The zero-order valence-electron chi connectivity index (χ0n) is 21.0. The van der Waals surface area contributed by atoms with Crippen LogP contribution in [-0.4, -0.2) is 54.5 Å². The van der Waals surface area contributed by atoms with Crippen LogP contribution in [0.2, 0.25) is 0 Å². The van der Waals surface area contributed by atoms with E-state index in [0.717, 1.165) is 31.3 Å². The highest BCUT2D eigenvalue weighted by Gasteiger charge is 2.54. The molecule has 1 atom stereocenters. The predicted octanol–water partition coefficient (Wildman–Crippen LogP) is 5.16. The zero-order chi connectivity index (χ0) is 24.1. The van der Waals surface area contributed by atoms with Crippen LogP contribution < -0.4 is 4.74 Å². The highest BCUT2D eigenvalue weighted by Crippen LogP contribution is 2.47. The Hall–Kier alpha value is -1.45. The van der Waals surface area contributed by atoms with E-state index in [1.165, 1.54) is 12.1 Å². The molecule has 1 aromatic carbocycles. The molecule has 3 aliphatic rings. The van der Waals surface area contributed by atoms with Crippen molar-refractivity contribution in [1.82, 2.24) is 5.06 Å². The van der Waals surface area contributed by atoms with Crippen molar-refractivity contribution in [1.29, 1.82) is 0 Å². The first-order valence-electron chi connectivity index (χ1n) is 11.9. The Bertz CT molecular complexity index is 897. The highest BCUT2D eigenvalue weighted by molar-refractivity contribution is 6.69. The zero-order valence-corrected chi connectivity index (χ0v) is 21.0. The average Bonchev–Trinajstić information content (AvgIpc) is 2.81.